The van der Waals surface area contributed by atoms with E-state index in [-0.39, 0.29) is 0 Å². The molecular weight excluding hydrogens is 174 g/mol. The van der Waals surface area contributed by atoms with Crippen molar-refractivity contribution < 1.29 is 23.4 Å². The number of hydrogen-bond donors (Lipinski definition) is 3. The topological polar surface area (TPSA) is 104 Å². The van der Waals surface area contributed by atoms with Gasteiger partial charge in [0.1, 0.15) is 6.04 Å². The molecule has 0 radical (unpaired) electrons. The number of carboxylic acid groups (broad SMARTS) is 1. The normalized spacial score (nSPS) is 14.4. The molecule has 0 aliphatic rings. The summed E-state index contributed by atoms with van der Waals surface area (Å²) in [7, 11) is -3.57. The van der Waals surface area contributed by atoms with E-state index in [4.69, 9.17) is 10.2 Å². The SMILES string of the molecule is CS(=O)(=O)N[C@H](CO)C(=O)O. The third kappa shape index (κ3) is 4.71. The number of carbonyl (C=O) groups is 1. The highest BCUT2D eigenvalue weighted by atomic mass is 32.2. The van der Waals surface area contributed by atoms with Gasteiger partial charge in [-0.25, -0.2) is 8.42 Å². The van der Waals surface area contributed by atoms with Gasteiger partial charge in [-0.15, -0.1) is 0 Å². The summed E-state index contributed by atoms with van der Waals surface area (Å²) in [6, 6.07) is -1.45. The van der Waals surface area contributed by atoms with Gasteiger partial charge in [-0.1, -0.05) is 0 Å². The van der Waals surface area contributed by atoms with Crippen LogP contribution < -0.4 is 4.72 Å². The zero-order valence-corrected chi connectivity index (χ0v) is 6.63. The van der Waals surface area contributed by atoms with Crippen molar-refractivity contribution in [3.63, 3.8) is 0 Å². The maximum atomic E-state index is 10.4. The van der Waals surface area contributed by atoms with E-state index < -0.39 is 28.6 Å². The molecule has 6 nitrogen and oxygen atoms in total. The van der Waals surface area contributed by atoms with Gasteiger partial charge < -0.3 is 10.2 Å². The maximum absolute atomic E-state index is 10.4. The Morgan fingerprint density at radius 1 is 1.64 bits per heavy atom. The Kier molecular flexibility index (Phi) is 3.43. The van der Waals surface area contributed by atoms with Crippen LogP contribution in [0.15, 0.2) is 0 Å². The summed E-state index contributed by atoms with van der Waals surface area (Å²) in [6.45, 7) is -0.762. The number of aliphatic hydroxyl groups excluding tert-OH is 1. The molecule has 0 heterocycles. The molecule has 7 heteroatoms. The average molecular weight is 183 g/mol. The molecule has 11 heavy (non-hydrogen) atoms. The number of rotatable bonds is 4. The quantitative estimate of drug-likeness (QED) is 0.467. The van der Waals surface area contributed by atoms with Gasteiger partial charge >= 0.3 is 5.97 Å². The Morgan fingerprint density at radius 2 is 2.09 bits per heavy atom. The van der Waals surface area contributed by atoms with Crippen LogP contribution in [0.1, 0.15) is 0 Å². The third-order valence-electron chi connectivity index (χ3n) is 0.837. The molecule has 0 aliphatic heterocycles. The molecule has 0 spiro atoms. The number of hydrogen-bond acceptors (Lipinski definition) is 4. The molecule has 0 aliphatic carbocycles. The average Bonchev–Trinajstić information content (AvgIpc) is 1.80. The first-order valence-electron chi connectivity index (χ1n) is 2.68. The minimum Gasteiger partial charge on any atom is -0.480 e. The summed E-state index contributed by atoms with van der Waals surface area (Å²) in [5.74, 6) is -1.40. The summed E-state index contributed by atoms with van der Waals surface area (Å²) < 4.78 is 22.6. The predicted octanol–water partition coefficient (Wildman–Crippen LogP) is -2.02. The molecule has 0 fully saturated rings. The fraction of sp³-hybridized carbons (Fsp3) is 0.750. The van der Waals surface area contributed by atoms with Gasteiger partial charge in [0.15, 0.2) is 0 Å². The number of sulfonamides is 1. The molecule has 0 aromatic heterocycles. The van der Waals surface area contributed by atoms with E-state index in [0.29, 0.717) is 0 Å². The number of aliphatic carboxylic acids is 1. The van der Waals surface area contributed by atoms with Crippen molar-refractivity contribution in [3.05, 3.63) is 0 Å². The van der Waals surface area contributed by atoms with Gasteiger partial charge in [0.2, 0.25) is 10.0 Å². The van der Waals surface area contributed by atoms with E-state index >= 15 is 0 Å². The van der Waals surface area contributed by atoms with E-state index in [1.807, 2.05) is 0 Å². The second kappa shape index (κ2) is 3.65. The summed E-state index contributed by atoms with van der Waals surface area (Å²) in [4.78, 5) is 10.1. The molecule has 3 N–H and O–H groups in total. The molecule has 0 aromatic carbocycles. The van der Waals surface area contributed by atoms with E-state index in [2.05, 4.69) is 0 Å². The van der Waals surface area contributed by atoms with Crippen molar-refractivity contribution in [1.82, 2.24) is 4.72 Å². The van der Waals surface area contributed by atoms with Crippen molar-refractivity contribution in [2.45, 2.75) is 6.04 Å². The molecule has 0 unspecified atom stereocenters. The lowest BCUT2D eigenvalue weighted by atomic mass is 10.3. The molecule has 1 atom stereocenters. The number of aliphatic hydroxyl groups is 1. The van der Waals surface area contributed by atoms with Crippen molar-refractivity contribution in [3.8, 4) is 0 Å². The minimum atomic E-state index is -3.57. The molecule has 66 valence electrons. The lowest BCUT2D eigenvalue weighted by molar-refractivity contribution is -0.139. The standard InChI is InChI=1S/C4H9NO5S/c1-11(9,10)5-3(2-6)4(7)8/h3,5-6H,2H2,1H3,(H,7,8)/t3-/m1/s1. The first-order chi connectivity index (χ1) is 4.87. The smallest absolute Gasteiger partial charge is 0.324 e. The number of carboxylic acids is 1. The molecule has 0 amide bonds. The van der Waals surface area contributed by atoms with E-state index in [1.54, 1.807) is 4.72 Å². The zero-order chi connectivity index (χ0) is 9.07. The summed E-state index contributed by atoms with van der Waals surface area (Å²) in [5.41, 5.74) is 0. The van der Waals surface area contributed by atoms with Gasteiger partial charge in [0, 0.05) is 0 Å². The van der Waals surface area contributed by atoms with Crippen molar-refractivity contribution in [1.29, 1.82) is 0 Å². The summed E-state index contributed by atoms with van der Waals surface area (Å²) in [6.07, 6.45) is 0.818. The van der Waals surface area contributed by atoms with Crippen LogP contribution in [0, 0.1) is 0 Å². The lowest BCUT2D eigenvalue weighted by Crippen LogP contribution is -2.42. The van der Waals surface area contributed by atoms with Gasteiger partial charge in [-0.3, -0.25) is 4.79 Å². The zero-order valence-electron chi connectivity index (χ0n) is 5.81. The van der Waals surface area contributed by atoms with E-state index in [1.165, 1.54) is 0 Å². The Hall–Kier alpha value is -0.660. The molecule has 0 saturated carbocycles. The van der Waals surface area contributed by atoms with Crippen LogP contribution in [0.3, 0.4) is 0 Å². The van der Waals surface area contributed by atoms with Crippen LogP contribution in [-0.2, 0) is 14.8 Å². The fourth-order valence-electron chi connectivity index (χ4n) is 0.424. The van der Waals surface area contributed by atoms with Crippen LogP contribution >= 0.6 is 0 Å². The Morgan fingerprint density at radius 3 is 2.18 bits per heavy atom. The van der Waals surface area contributed by atoms with Crippen LogP contribution in [-0.4, -0.2) is 43.5 Å². The molecule has 0 aromatic rings. The van der Waals surface area contributed by atoms with Crippen LogP contribution in [0.2, 0.25) is 0 Å². The molecule has 0 saturated heterocycles. The highest BCUT2D eigenvalue weighted by Crippen LogP contribution is 1.85. The van der Waals surface area contributed by atoms with Crippen LogP contribution in [0.25, 0.3) is 0 Å². The molecule has 0 bridgehead atoms. The van der Waals surface area contributed by atoms with Gasteiger partial charge in [0.25, 0.3) is 0 Å². The summed E-state index contributed by atoms with van der Waals surface area (Å²) in [5, 5.41) is 16.6. The number of nitrogens with one attached hydrogen (secondary N) is 1. The third-order valence-corrected chi connectivity index (χ3v) is 1.55. The van der Waals surface area contributed by atoms with Gasteiger partial charge in [-0.2, -0.15) is 4.72 Å². The minimum absolute atomic E-state index is 0.762. The van der Waals surface area contributed by atoms with Crippen molar-refractivity contribution >= 4 is 16.0 Å². The highest BCUT2D eigenvalue weighted by molar-refractivity contribution is 7.88. The second-order valence-electron chi connectivity index (χ2n) is 1.96. The van der Waals surface area contributed by atoms with Crippen molar-refractivity contribution in [2.75, 3.05) is 12.9 Å². The Labute approximate surface area is 63.9 Å². The molecular formula is C4H9NO5S. The Balaban J connectivity index is 4.22. The monoisotopic (exact) mass is 183 g/mol. The van der Waals surface area contributed by atoms with Crippen LogP contribution in [0.5, 0.6) is 0 Å². The molecule has 0 rings (SSSR count). The lowest BCUT2D eigenvalue weighted by Gasteiger charge is -2.08. The van der Waals surface area contributed by atoms with Crippen molar-refractivity contribution in [2.24, 2.45) is 0 Å². The highest BCUT2D eigenvalue weighted by Gasteiger charge is 2.19. The van der Waals surface area contributed by atoms with Gasteiger partial charge in [-0.05, 0) is 0 Å². The first kappa shape index (κ1) is 10.3. The second-order valence-corrected chi connectivity index (χ2v) is 3.74. The first-order valence-corrected chi connectivity index (χ1v) is 4.57. The predicted molar refractivity (Wildman–Crippen MR) is 36.5 cm³/mol. The maximum Gasteiger partial charge on any atom is 0.324 e. The summed E-state index contributed by atoms with van der Waals surface area (Å²) >= 11 is 0. The van der Waals surface area contributed by atoms with E-state index in [9.17, 15) is 13.2 Å². The Bertz CT molecular complexity index is 233. The fourth-order valence-corrected chi connectivity index (χ4v) is 1.12. The van der Waals surface area contributed by atoms with E-state index in [0.717, 1.165) is 6.26 Å². The van der Waals surface area contributed by atoms with Crippen LogP contribution in [0.4, 0.5) is 0 Å². The largest absolute Gasteiger partial charge is 0.480 e. The van der Waals surface area contributed by atoms with Gasteiger partial charge in [0.05, 0.1) is 12.9 Å².